The molecule has 1 N–H and O–H groups in total. The Morgan fingerprint density at radius 3 is 2.55 bits per heavy atom. The van der Waals surface area contributed by atoms with Crippen molar-refractivity contribution in [3.05, 3.63) is 12.2 Å². The molecule has 1 unspecified atom stereocenters. The van der Waals surface area contributed by atoms with Crippen molar-refractivity contribution in [2.75, 3.05) is 13.3 Å². The molecule has 0 aliphatic rings. The quantitative estimate of drug-likeness (QED) is 0.273. The first-order valence-electron chi connectivity index (χ1n) is 7.19. The molecule has 0 saturated carbocycles. The van der Waals surface area contributed by atoms with Crippen LogP contribution < -0.4 is 5.32 Å². The van der Waals surface area contributed by atoms with Crippen LogP contribution in [0, 0.1) is 0 Å². The fourth-order valence-corrected chi connectivity index (χ4v) is 1.83. The van der Waals surface area contributed by atoms with Crippen LogP contribution in [0.2, 0.25) is 0 Å². The number of hydrogen-bond donors (Lipinski definition) is 1. The summed E-state index contributed by atoms with van der Waals surface area (Å²) in [4.78, 5) is 12.2. The van der Waals surface area contributed by atoms with E-state index in [4.69, 9.17) is 17.0 Å². The van der Waals surface area contributed by atoms with E-state index in [9.17, 15) is 9.18 Å². The summed E-state index contributed by atoms with van der Waals surface area (Å²) in [6.45, 7) is 7.19. The van der Waals surface area contributed by atoms with Crippen molar-refractivity contribution in [2.45, 2.75) is 58.4 Å². The van der Waals surface area contributed by atoms with Crippen LogP contribution in [0.5, 0.6) is 0 Å². The van der Waals surface area contributed by atoms with E-state index in [1.165, 1.54) is 0 Å². The van der Waals surface area contributed by atoms with Crippen LogP contribution in [0.3, 0.4) is 0 Å². The Bertz CT molecular complexity index is 321. The Hall–Kier alpha value is -0.970. The Morgan fingerprint density at radius 1 is 1.35 bits per heavy atom. The number of hydrogen-bond acceptors (Lipinski definition) is 3. The standard InChI is InChI=1S/C15H26FNO2S/c1-4-14(20)17-13(9-7-5-6-8-10-16)11-19-15(18)12(2)3/h13H,2,4-11H2,1,3H3,(H,17,20). The topological polar surface area (TPSA) is 38.3 Å². The molecule has 0 fully saturated rings. The highest BCUT2D eigenvalue weighted by Gasteiger charge is 2.13. The molecule has 0 heterocycles. The minimum absolute atomic E-state index is 0.0242. The third-order valence-electron chi connectivity index (χ3n) is 2.89. The van der Waals surface area contributed by atoms with Crippen LogP contribution >= 0.6 is 12.2 Å². The summed E-state index contributed by atoms with van der Waals surface area (Å²) >= 11 is 5.16. The lowest BCUT2D eigenvalue weighted by Crippen LogP contribution is -2.37. The van der Waals surface area contributed by atoms with Gasteiger partial charge in [-0.3, -0.25) is 4.39 Å². The Labute approximate surface area is 127 Å². The second-order valence-electron chi connectivity index (χ2n) is 4.89. The zero-order valence-electron chi connectivity index (χ0n) is 12.5. The number of ether oxygens (including phenoxy) is 1. The van der Waals surface area contributed by atoms with Crippen LogP contribution in [0.15, 0.2) is 12.2 Å². The molecule has 1 atom stereocenters. The Kier molecular flexibility index (Phi) is 11.3. The van der Waals surface area contributed by atoms with Gasteiger partial charge in [0.1, 0.15) is 6.61 Å². The fraction of sp³-hybridized carbons (Fsp3) is 0.733. The third kappa shape index (κ3) is 9.89. The first kappa shape index (κ1) is 19.0. The van der Waals surface area contributed by atoms with E-state index in [0.29, 0.717) is 12.0 Å². The molecule has 0 aromatic heterocycles. The van der Waals surface area contributed by atoms with Gasteiger partial charge in [0.15, 0.2) is 0 Å². The van der Waals surface area contributed by atoms with Crippen LogP contribution in [0.25, 0.3) is 0 Å². The fourth-order valence-electron chi connectivity index (χ4n) is 1.67. The summed E-state index contributed by atoms with van der Waals surface area (Å²) in [7, 11) is 0. The van der Waals surface area contributed by atoms with E-state index in [1.807, 2.05) is 6.92 Å². The maximum absolute atomic E-state index is 12.0. The van der Waals surface area contributed by atoms with Gasteiger partial charge in [0.25, 0.3) is 0 Å². The smallest absolute Gasteiger partial charge is 0.333 e. The normalized spacial score (nSPS) is 11.8. The zero-order chi connectivity index (χ0) is 15.4. The van der Waals surface area contributed by atoms with Crippen molar-refractivity contribution >= 4 is 23.2 Å². The van der Waals surface area contributed by atoms with Crippen molar-refractivity contribution in [1.29, 1.82) is 0 Å². The summed E-state index contributed by atoms with van der Waals surface area (Å²) in [5.41, 5.74) is 0.393. The summed E-state index contributed by atoms with van der Waals surface area (Å²) in [5.74, 6) is -0.378. The number of esters is 1. The molecule has 5 heteroatoms. The van der Waals surface area contributed by atoms with E-state index in [-0.39, 0.29) is 25.3 Å². The summed E-state index contributed by atoms with van der Waals surface area (Å²) in [6, 6.07) is 0.0242. The number of thiocarbonyl (C=S) groups is 1. The van der Waals surface area contributed by atoms with Gasteiger partial charge < -0.3 is 10.1 Å². The van der Waals surface area contributed by atoms with Gasteiger partial charge in [0, 0.05) is 5.57 Å². The lowest BCUT2D eigenvalue weighted by Gasteiger charge is -2.20. The molecule has 20 heavy (non-hydrogen) atoms. The average molecular weight is 303 g/mol. The van der Waals surface area contributed by atoms with Crippen LogP contribution in [0.1, 0.15) is 52.4 Å². The van der Waals surface area contributed by atoms with E-state index in [0.717, 1.165) is 37.1 Å². The largest absolute Gasteiger partial charge is 0.460 e. The molecule has 0 bridgehead atoms. The predicted molar refractivity (Wildman–Crippen MR) is 84.6 cm³/mol. The molecule has 116 valence electrons. The van der Waals surface area contributed by atoms with Gasteiger partial charge in [0.2, 0.25) is 0 Å². The highest BCUT2D eigenvalue weighted by molar-refractivity contribution is 7.80. The van der Waals surface area contributed by atoms with Crippen LogP contribution in [-0.2, 0) is 9.53 Å². The van der Waals surface area contributed by atoms with Crippen LogP contribution in [-0.4, -0.2) is 30.3 Å². The van der Waals surface area contributed by atoms with Gasteiger partial charge in [-0.1, -0.05) is 45.0 Å². The number of alkyl halides is 1. The number of carbonyl (C=O) groups excluding carboxylic acids is 1. The number of carbonyl (C=O) groups is 1. The molecule has 0 aromatic rings. The van der Waals surface area contributed by atoms with Crippen molar-refractivity contribution in [3.63, 3.8) is 0 Å². The first-order valence-corrected chi connectivity index (χ1v) is 7.60. The van der Waals surface area contributed by atoms with E-state index in [2.05, 4.69) is 11.9 Å². The molecular formula is C15H26FNO2S. The molecule has 0 saturated heterocycles. The van der Waals surface area contributed by atoms with Gasteiger partial charge >= 0.3 is 5.97 Å². The summed E-state index contributed by atoms with van der Waals surface area (Å²) in [5, 5.41) is 3.20. The third-order valence-corrected chi connectivity index (χ3v) is 3.29. The highest BCUT2D eigenvalue weighted by atomic mass is 32.1. The first-order chi connectivity index (χ1) is 9.51. The molecular weight excluding hydrogens is 277 g/mol. The monoisotopic (exact) mass is 303 g/mol. The maximum atomic E-state index is 12.0. The molecule has 0 radical (unpaired) electrons. The highest BCUT2D eigenvalue weighted by Crippen LogP contribution is 2.08. The predicted octanol–water partition coefficient (Wildman–Crippen LogP) is 3.72. The van der Waals surface area contributed by atoms with Crippen molar-refractivity contribution in [3.8, 4) is 0 Å². The molecule has 0 aliphatic heterocycles. The number of unbranched alkanes of at least 4 members (excludes halogenated alkanes) is 3. The second-order valence-corrected chi connectivity index (χ2v) is 5.38. The van der Waals surface area contributed by atoms with Gasteiger partial charge in [-0.15, -0.1) is 0 Å². The SMILES string of the molecule is C=C(C)C(=O)OCC(CCCCCCF)NC(=S)CC. The van der Waals surface area contributed by atoms with Gasteiger partial charge in [-0.05, 0) is 26.2 Å². The van der Waals surface area contributed by atoms with Crippen LogP contribution in [0.4, 0.5) is 4.39 Å². The van der Waals surface area contributed by atoms with E-state index < -0.39 is 0 Å². The maximum Gasteiger partial charge on any atom is 0.333 e. The van der Waals surface area contributed by atoms with E-state index in [1.54, 1.807) is 6.92 Å². The number of nitrogens with one attached hydrogen (secondary N) is 1. The lowest BCUT2D eigenvalue weighted by atomic mass is 10.1. The number of halogens is 1. The molecule has 0 rings (SSSR count). The van der Waals surface area contributed by atoms with Crippen molar-refractivity contribution in [1.82, 2.24) is 5.32 Å². The second kappa shape index (κ2) is 11.8. The van der Waals surface area contributed by atoms with E-state index >= 15 is 0 Å². The van der Waals surface area contributed by atoms with Gasteiger partial charge in [-0.2, -0.15) is 0 Å². The Morgan fingerprint density at radius 2 is 2.00 bits per heavy atom. The molecule has 0 aromatic carbocycles. The summed E-state index contributed by atoms with van der Waals surface area (Å²) in [6.07, 6.45) is 5.09. The average Bonchev–Trinajstić information content (AvgIpc) is 2.43. The minimum Gasteiger partial charge on any atom is -0.460 e. The lowest BCUT2D eigenvalue weighted by molar-refractivity contribution is -0.139. The molecule has 0 spiro atoms. The summed E-state index contributed by atoms with van der Waals surface area (Å²) < 4.78 is 17.2. The molecule has 0 amide bonds. The molecule has 3 nitrogen and oxygen atoms in total. The van der Waals surface area contributed by atoms with Gasteiger partial charge in [-0.25, -0.2) is 4.79 Å². The molecule has 0 aliphatic carbocycles. The number of rotatable bonds is 11. The zero-order valence-corrected chi connectivity index (χ0v) is 13.4. The van der Waals surface area contributed by atoms with Crippen molar-refractivity contribution in [2.24, 2.45) is 0 Å². The van der Waals surface area contributed by atoms with Crippen molar-refractivity contribution < 1.29 is 13.9 Å². The van der Waals surface area contributed by atoms with Gasteiger partial charge in [0.05, 0.1) is 17.7 Å². The minimum atomic E-state index is -0.378. The Balaban J connectivity index is 4.09.